The third-order valence-electron chi connectivity index (χ3n) is 8.09. The highest BCUT2D eigenvalue weighted by Gasteiger charge is 2.26. The number of nitrogens with zero attached hydrogens (tertiary/aromatic N) is 3. The van der Waals surface area contributed by atoms with Gasteiger partial charge in [-0.05, 0) is 86.6 Å². The van der Waals surface area contributed by atoms with Gasteiger partial charge in [0.1, 0.15) is 17.3 Å². The fourth-order valence-corrected chi connectivity index (χ4v) is 5.70. The molecule has 2 aliphatic rings. The number of pyridine rings is 1. The van der Waals surface area contributed by atoms with Crippen molar-refractivity contribution in [2.24, 2.45) is 5.73 Å². The molecular formula is C34H32FN5O4. The summed E-state index contributed by atoms with van der Waals surface area (Å²) in [6.07, 6.45) is 1.84. The minimum atomic E-state index is -0.541. The van der Waals surface area contributed by atoms with Crippen molar-refractivity contribution in [2.75, 3.05) is 24.5 Å². The Hall–Kier alpha value is -5.09. The number of nitrogens with one attached hydrogen (secondary N) is 1. The summed E-state index contributed by atoms with van der Waals surface area (Å²) in [6, 6.07) is 24.8. The monoisotopic (exact) mass is 593 g/mol. The summed E-state index contributed by atoms with van der Waals surface area (Å²) in [7, 11) is 0. The predicted octanol–water partition coefficient (Wildman–Crippen LogP) is 5.60. The van der Waals surface area contributed by atoms with Crippen LogP contribution in [0.5, 0.6) is 11.5 Å². The molecule has 2 aliphatic heterocycles. The molecule has 2 fully saturated rings. The number of ether oxygens (including phenoxy) is 1. The topological polar surface area (TPSA) is 118 Å². The Kier molecular flexibility index (Phi) is 8.33. The number of primary amides is 1. The highest BCUT2D eigenvalue weighted by atomic mass is 19.1. The summed E-state index contributed by atoms with van der Waals surface area (Å²) >= 11 is 0. The average Bonchev–Trinajstić information content (AvgIpc) is 3.03. The van der Waals surface area contributed by atoms with E-state index in [0.717, 1.165) is 42.9 Å². The lowest BCUT2D eigenvalue weighted by Gasteiger charge is -2.32. The predicted molar refractivity (Wildman–Crippen MR) is 164 cm³/mol. The Bertz CT molecular complexity index is 1690. The van der Waals surface area contributed by atoms with Gasteiger partial charge in [0.2, 0.25) is 5.91 Å². The van der Waals surface area contributed by atoms with Gasteiger partial charge in [0, 0.05) is 47.9 Å². The molecular weight excluding hydrogens is 561 g/mol. The first-order valence-electron chi connectivity index (χ1n) is 14.6. The Labute approximate surface area is 254 Å². The minimum Gasteiger partial charge on any atom is -0.457 e. The summed E-state index contributed by atoms with van der Waals surface area (Å²) in [5.41, 5.74) is 9.23. The Balaban J connectivity index is 1.11. The third kappa shape index (κ3) is 6.45. The van der Waals surface area contributed by atoms with Gasteiger partial charge in [-0.3, -0.25) is 29.7 Å². The lowest BCUT2D eigenvalue weighted by atomic mass is 9.91. The van der Waals surface area contributed by atoms with Crippen molar-refractivity contribution >= 4 is 23.5 Å². The number of para-hydroxylation sites is 1. The van der Waals surface area contributed by atoms with E-state index < -0.39 is 11.9 Å². The second-order valence-electron chi connectivity index (χ2n) is 11.0. The maximum absolute atomic E-state index is 15.0. The van der Waals surface area contributed by atoms with E-state index in [2.05, 4.69) is 10.2 Å². The number of imide groups is 1. The molecule has 3 aromatic carbocycles. The fraction of sp³-hybridized carbons (Fsp3) is 0.235. The fourth-order valence-electron chi connectivity index (χ4n) is 5.70. The van der Waals surface area contributed by atoms with E-state index in [1.165, 1.54) is 11.0 Å². The Morgan fingerprint density at radius 3 is 2.34 bits per heavy atom. The first-order valence-corrected chi connectivity index (χ1v) is 14.6. The number of anilines is 1. The zero-order valence-corrected chi connectivity index (χ0v) is 24.0. The van der Waals surface area contributed by atoms with Gasteiger partial charge in [0.25, 0.3) is 5.91 Å². The number of halogens is 1. The average molecular weight is 594 g/mol. The number of hydrogen-bond donors (Lipinski definition) is 2. The van der Waals surface area contributed by atoms with Crippen molar-refractivity contribution in [3.8, 4) is 22.8 Å². The summed E-state index contributed by atoms with van der Waals surface area (Å²) in [5, 5.41) is 2.26. The van der Waals surface area contributed by atoms with Gasteiger partial charge in [-0.1, -0.05) is 24.3 Å². The minimum absolute atomic E-state index is 0.181. The zero-order valence-electron chi connectivity index (χ0n) is 24.0. The zero-order chi connectivity index (χ0) is 30.6. The molecule has 0 unspecified atom stereocenters. The summed E-state index contributed by atoms with van der Waals surface area (Å²) < 4.78 is 20.9. The first-order chi connectivity index (χ1) is 21.3. The van der Waals surface area contributed by atoms with Crippen LogP contribution in [-0.4, -0.2) is 47.4 Å². The number of hydrogen-bond acceptors (Lipinski definition) is 6. The van der Waals surface area contributed by atoms with Crippen LogP contribution in [-0.2, 0) is 11.3 Å². The van der Waals surface area contributed by atoms with Gasteiger partial charge < -0.3 is 10.5 Å². The van der Waals surface area contributed by atoms with Crippen LogP contribution in [0.2, 0.25) is 0 Å². The van der Waals surface area contributed by atoms with Crippen LogP contribution in [0, 0.1) is 5.82 Å². The number of rotatable bonds is 8. The molecule has 10 heteroatoms. The van der Waals surface area contributed by atoms with Crippen molar-refractivity contribution < 1.29 is 23.5 Å². The van der Waals surface area contributed by atoms with E-state index in [4.69, 9.17) is 15.5 Å². The molecule has 9 nitrogen and oxygen atoms in total. The second kappa shape index (κ2) is 12.6. The summed E-state index contributed by atoms with van der Waals surface area (Å²) in [5.74, 6) is 0.326. The molecule has 6 rings (SSSR count). The Morgan fingerprint density at radius 2 is 1.66 bits per heavy atom. The van der Waals surface area contributed by atoms with Gasteiger partial charge in [-0.25, -0.2) is 9.18 Å². The van der Waals surface area contributed by atoms with Gasteiger partial charge in [0.05, 0.1) is 11.3 Å². The van der Waals surface area contributed by atoms with Gasteiger partial charge in [-0.15, -0.1) is 0 Å². The maximum atomic E-state index is 15.0. The molecule has 0 bridgehead atoms. The third-order valence-corrected chi connectivity index (χ3v) is 8.09. The number of amides is 4. The molecule has 0 spiro atoms. The van der Waals surface area contributed by atoms with Crippen LogP contribution < -0.4 is 20.7 Å². The lowest BCUT2D eigenvalue weighted by molar-refractivity contribution is -0.120. The molecule has 4 aromatic rings. The summed E-state index contributed by atoms with van der Waals surface area (Å²) in [4.78, 5) is 44.3. The highest BCUT2D eigenvalue weighted by Crippen LogP contribution is 2.32. The molecule has 0 aliphatic carbocycles. The van der Waals surface area contributed by atoms with Crippen LogP contribution in [0.4, 0.5) is 14.9 Å². The van der Waals surface area contributed by atoms with Crippen molar-refractivity contribution in [1.29, 1.82) is 0 Å². The van der Waals surface area contributed by atoms with Gasteiger partial charge in [-0.2, -0.15) is 0 Å². The van der Waals surface area contributed by atoms with E-state index in [-0.39, 0.29) is 30.6 Å². The van der Waals surface area contributed by atoms with Gasteiger partial charge in [0.15, 0.2) is 0 Å². The smallest absolute Gasteiger partial charge is 0.328 e. The number of carbonyl (C=O) groups excluding carboxylic acids is 3. The molecule has 4 amide bonds. The van der Waals surface area contributed by atoms with E-state index in [1.54, 1.807) is 18.2 Å². The van der Waals surface area contributed by atoms with Crippen molar-refractivity contribution in [2.45, 2.75) is 31.7 Å². The van der Waals surface area contributed by atoms with E-state index in [0.29, 0.717) is 34.8 Å². The van der Waals surface area contributed by atoms with E-state index in [9.17, 15) is 14.4 Å². The quantitative estimate of drug-likeness (QED) is 0.275. The Morgan fingerprint density at radius 1 is 0.932 bits per heavy atom. The molecule has 3 N–H and O–H groups in total. The number of carbonyl (C=O) groups is 3. The van der Waals surface area contributed by atoms with E-state index >= 15 is 4.39 Å². The molecule has 2 saturated heterocycles. The van der Waals surface area contributed by atoms with Gasteiger partial charge >= 0.3 is 6.03 Å². The number of likely N-dealkylation sites (tertiary alicyclic amines) is 1. The molecule has 44 heavy (non-hydrogen) atoms. The number of nitrogens with two attached hydrogens (primary N) is 1. The molecule has 0 atom stereocenters. The maximum Gasteiger partial charge on any atom is 0.328 e. The largest absolute Gasteiger partial charge is 0.457 e. The van der Waals surface area contributed by atoms with Crippen LogP contribution in [0.1, 0.15) is 46.8 Å². The molecule has 1 aromatic heterocycles. The van der Waals surface area contributed by atoms with Crippen LogP contribution in [0.15, 0.2) is 84.9 Å². The van der Waals surface area contributed by atoms with Crippen molar-refractivity contribution in [3.63, 3.8) is 0 Å². The van der Waals surface area contributed by atoms with Crippen LogP contribution >= 0.6 is 0 Å². The highest BCUT2D eigenvalue weighted by molar-refractivity contribution is 6.05. The standard InChI is InChI=1S/C34H32FN5O4/c35-29-20-25(40-19-16-31(41)38-34(40)43)9-6-24(29)21-39-17-14-22(15-18-39)30-13-12-28(33(36)42)32(37-30)23-7-10-27(11-8-23)44-26-4-2-1-3-5-26/h1-13,20,22H,14-19,21H2,(H2,36,42)(H,38,41,43). The summed E-state index contributed by atoms with van der Waals surface area (Å²) in [6.45, 7) is 2.17. The SMILES string of the molecule is NC(=O)c1ccc(C2CCN(Cc3ccc(N4CCC(=O)NC4=O)cc3F)CC2)nc1-c1ccc(Oc2ccccc2)cc1. The molecule has 0 saturated carbocycles. The van der Waals surface area contributed by atoms with Crippen LogP contribution in [0.3, 0.4) is 0 Å². The number of piperidine rings is 1. The van der Waals surface area contributed by atoms with Crippen LogP contribution in [0.25, 0.3) is 11.3 Å². The van der Waals surface area contributed by atoms with Crippen molar-refractivity contribution in [3.05, 3.63) is 108 Å². The number of benzene rings is 3. The number of urea groups is 1. The van der Waals surface area contributed by atoms with Crippen molar-refractivity contribution in [1.82, 2.24) is 15.2 Å². The number of aromatic nitrogens is 1. The van der Waals surface area contributed by atoms with E-state index in [1.807, 2.05) is 60.7 Å². The second-order valence-corrected chi connectivity index (χ2v) is 11.0. The first kappa shape index (κ1) is 29.0. The molecule has 3 heterocycles. The molecule has 224 valence electrons. The normalized spacial score (nSPS) is 16.1. The lowest BCUT2D eigenvalue weighted by Crippen LogP contribution is -2.49. The molecule has 0 radical (unpaired) electrons.